The summed E-state index contributed by atoms with van der Waals surface area (Å²) in [5, 5.41) is 12.4. The molecule has 0 atom stereocenters. The molecule has 0 aliphatic heterocycles. The minimum Gasteiger partial charge on any atom is -0.477 e. The molecule has 0 fully saturated rings. The minimum atomic E-state index is -0.961. The topological polar surface area (TPSA) is 63.3 Å². The van der Waals surface area contributed by atoms with Gasteiger partial charge in [-0.3, -0.25) is 0 Å². The fourth-order valence-corrected chi connectivity index (χ4v) is 1.09. The van der Waals surface area contributed by atoms with E-state index < -0.39 is 5.97 Å². The van der Waals surface area contributed by atoms with E-state index >= 15 is 0 Å². The van der Waals surface area contributed by atoms with Crippen molar-refractivity contribution >= 4 is 5.97 Å². The molecular formula is C8H11NO3. The average Bonchev–Trinajstić information content (AvgIpc) is 2.32. The third-order valence-corrected chi connectivity index (χ3v) is 1.62. The highest BCUT2D eigenvalue weighted by molar-refractivity contribution is 5.89. The lowest BCUT2D eigenvalue weighted by Gasteiger charge is -1.92. The molecule has 0 saturated carbocycles. The number of nitrogens with zero attached hydrogens (tertiary/aromatic N) is 1. The van der Waals surface area contributed by atoms with Gasteiger partial charge in [0, 0.05) is 6.42 Å². The Kier molecular flexibility index (Phi) is 2.47. The van der Waals surface area contributed by atoms with Gasteiger partial charge in [-0.05, 0) is 13.3 Å². The fourth-order valence-electron chi connectivity index (χ4n) is 1.09. The van der Waals surface area contributed by atoms with Gasteiger partial charge in [-0.25, -0.2) is 4.79 Å². The van der Waals surface area contributed by atoms with Crippen LogP contribution in [-0.4, -0.2) is 16.2 Å². The first kappa shape index (κ1) is 8.77. The molecule has 0 saturated heterocycles. The van der Waals surface area contributed by atoms with Gasteiger partial charge in [0.2, 0.25) is 0 Å². The Balaban J connectivity index is 3.04. The Morgan fingerprint density at radius 1 is 1.67 bits per heavy atom. The number of hydrogen-bond donors (Lipinski definition) is 1. The number of carboxylic acids is 1. The second-order valence-electron chi connectivity index (χ2n) is 2.62. The van der Waals surface area contributed by atoms with Crippen molar-refractivity contribution in [2.75, 3.05) is 0 Å². The SMILES string of the molecule is CCCc1onc(C)c1C(=O)O. The zero-order valence-corrected chi connectivity index (χ0v) is 7.13. The Morgan fingerprint density at radius 3 is 2.83 bits per heavy atom. The molecule has 12 heavy (non-hydrogen) atoms. The van der Waals surface area contributed by atoms with Gasteiger partial charge in [0.1, 0.15) is 5.56 Å². The predicted octanol–water partition coefficient (Wildman–Crippen LogP) is 1.63. The first-order chi connectivity index (χ1) is 5.66. The van der Waals surface area contributed by atoms with Gasteiger partial charge < -0.3 is 9.63 Å². The standard InChI is InChI=1S/C8H11NO3/c1-3-4-6-7(8(10)11)5(2)9-12-6/h3-4H2,1-2H3,(H,10,11). The summed E-state index contributed by atoms with van der Waals surface area (Å²) in [6, 6.07) is 0. The molecule has 1 aromatic heterocycles. The second kappa shape index (κ2) is 3.38. The van der Waals surface area contributed by atoms with Gasteiger partial charge in [-0.1, -0.05) is 12.1 Å². The van der Waals surface area contributed by atoms with E-state index in [1.807, 2.05) is 6.92 Å². The molecule has 0 aliphatic carbocycles. The number of rotatable bonds is 3. The summed E-state index contributed by atoms with van der Waals surface area (Å²) in [7, 11) is 0. The van der Waals surface area contributed by atoms with Gasteiger partial charge in [0.15, 0.2) is 5.76 Å². The molecule has 1 N–H and O–H groups in total. The van der Waals surface area contributed by atoms with Gasteiger partial charge in [-0.2, -0.15) is 0 Å². The molecule has 0 unspecified atom stereocenters. The Bertz CT molecular complexity index is 290. The number of carboxylic acid groups (broad SMARTS) is 1. The maximum atomic E-state index is 10.7. The van der Waals surface area contributed by atoms with Crippen molar-refractivity contribution in [3.63, 3.8) is 0 Å². The molecule has 0 aliphatic rings. The summed E-state index contributed by atoms with van der Waals surface area (Å²) in [4.78, 5) is 10.7. The third-order valence-electron chi connectivity index (χ3n) is 1.62. The summed E-state index contributed by atoms with van der Waals surface area (Å²) < 4.78 is 4.87. The van der Waals surface area contributed by atoms with Gasteiger partial charge in [0.25, 0.3) is 0 Å². The average molecular weight is 169 g/mol. The normalized spacial score (nSPS) is 10.2. The van der Waals surface area contributed by atoms with Crippen molar-refractivity contribution in [1.29, 1.82) is 0 Å². The van der Waals surface area contributed by atoms with Crippen LogP contribution in [0.1, 0.15) is 35.2 Å². The van der Waals surface area contributed by atoms with Gasteiger partial charge in [0.05, 0.1) is 5.69 Å². The first-order valence-corrected chi connectivity index (χ1v) is 3.85. The zero-order chi connectivity index (χ0) is 9.14. The van der Waals surface area contributed by atoms with E-state index in [1.165, 1.54) is 0 Å². The molecule has 0 radical (unpaired) electrons. The van der Waals surface area contributed by atoms with Crippen LogP contribution in [0.15, 0.2) is 4.52 Å². The van der Waals surface area contributed by atoms with Crippen LogP contribution in [0, 0.1) is 6.92 Å². The number of hydrogen-bond acceptors (Lipinski definition) is 3. The predicted molar refractivity (Wildman–Crippen MR) is 42.2 cm³/mol. The monoisotopic (exact) mass is 169 g/mol. The summed E-state index contributed by atoms with van der Waals surface area (Å²) in [6.07, 6.45) is 1.48. The molecule has 66 valence electrons. The lowest BCUT2D eigenvalue weighted by Crippen LogP contribution is -2.00. The van der Waals surface area contributed by atoms with E-state index in [9.17, 15) is 4.79 Å². The molecule has 4 heteroatoms. The van der Waals surface area contributed by atoms with Crippen LogP contribution in [0.2, 0.25) is 0 Å². The molecule has 0 aromatic carbocycles. The highest BCUT2D eigenvalue weighted by Gasteiger charge is 2.18. The van der Waals surface area contributed by atoms with Crippen molar-refractivity contribution in [1.82, 2.24) is 5.16 Å². The number of carbonyl (C=O) groups is 1. The van der Waals surface area contributed by atoms with Crippen LogP contribution >= 0.6 is 0 Å². The first-order valence-electron chi connectivity index (χ1n) is 3.85. The lowest BCUT2D eigenvalue weighted by molar-refractivity contribution is 0.0694. The lowest BCUT2D eigenvalue weighted by atomic mass is 10.1. The third kappa shape index (κ3) is 1.47. The van der Waals surface area contributed by atoms with Crippen LogP contribution < -0.4 is 0 Å². The summed E-state index contributed by atoms with van der Waals surface area (Å²) >= 11 is 0. The van der Waals surface area contributed by atoms with E-state index in [0.717, 1.165) is 6.42 Å². The highest BCUT2D eigenvalue weighted by Crippen LogP contribution is 2.14. The van der Waals surface area contributed by atoms with Crippen molar-refractivity contribution in [3.05, 3.63) is 17.0 Å². The molecule has 0 spiro atoms. The molecule has 1 aromatic rings. The zero-order valence-electron chi connectivity index (χ0n) is 7.13. The fraction of sp³-hybridized carbons (Fsp3) is 0.500. The maximum absolute atomic E-state index is 10.7. The van der Waals surface area contributed by atoms with Crippen LogP contribution in [0.25, 0.3) is 0 Å². The largest absolute Gasteiger partial charge is 0.477 e. The molecular weight excluding hydrogens is 158 g/mol. The molecule has 1 rings (SSSR count). The van der Waals surface area contributed by atoms with E-state index in [-0.39, 0.29) is 5.56 Å². The number of aromatic nitrogens is 1. The minimum absolute atomic E-state index is 0.219. The number of aromatic carboxylic acids is 1. The van der Waals surface area contributed by atoms with Crippen LogP contribution in [-0.2, 0) is 6.42 Å². The van der Waals surface area contributed by atoms with E-state index in [2.05, 4.69) is 5.16 Å². The Labute approximate surface area is 70.2 Å². The van der Waals surface area contributed by atoms with Crippen LogP contribution in [0.3, 0.4) is 0 Å². The van der Waals surface area contributed by atoms with Crippen molar-refractivity contribution < 1.29 is 14.4 Å². The Morgan fingerprint density at radius 2 is 2.33 bits per heavy atom. The summed E-state index contributed by atoms with van der Waals surface area (Å²) in [5.41, 5.74) is 0.669. The highest BCUT2D eigenvalue weighted by atomic mass is 16.5. The number of aryl methyl sites for hydroxylation is 2. The summed E-state index contributed by atoms with van der Waals surface area (Å²) in [5.74, 6) is -0.486. The van der Waals surface area contributed by atoms with Crippen LogP contribution in [0.5, 0.6) is 0 Å². The van der Waals surface area contributed by atoms with Crippen molar-refractivity contribution in [2.24, 2.45) is 0 Å². The van der Waals surface area contributed by atoms with Gasteiger partial charge >= 0.3 is 5.97 Å². The van der Waals surface area contributed by atoms with Crippen molar-refractivity contribution in [2.45, 2.75) is 26.7 Å². The molecule has 1 heterocycles. The van der Waals surface area contributed by atoms with E-state index in [4.69, 9.17) is 9.63 Å². The molecule has 0 amide bonds. The molecule has 4 nitrogen and oxygen atoms in total. The van der Waals surface area contributed by atoms with E-state index in [1.54, 1.807) is 6.92 Å². The summed E-state index contributed by atoms with van der Waals surface area (Å²) in [6.45, 7) is 3.59. The maximum Gasteiger partial charge on any atom is 0.341 e. The van der Waals surface area contributed by atoms with Crippen molar-refractivity contribution in [3.8, 4) is 0 Å². The van der Waals surface area contributed by atoms with Crippen LogP contribution in [0.4, 0.5) is 0 Å². The Hall–Kier alpha value is -1.32. The van der Waals surface area contributed by atoms with Gasteiger partial charge in [-0.15, -0.1) is 0 Å². The molecule has 0 bridgehead atoms. The van der Waals surface area contributed by atoms with E-state index in [0.29, 0.717) is 17.9 Å². The quantitative estimate of drug-likeness (QED) is 0.746. The smallest absolute Gasteiger partial charge is 0.341 e. The second-order valence-corrected chi connectivity index (χ2v) is 2.62.